The molecule has 1 aromatic carbocycles. The molecule has 144 valence electrons. The number of hydrogen-bond acceptors (Lipinski definition) is 4. The Morgan fingerprint density at radius 2 is 1.92 bits per heavy atom. The van der Waals surface area contributed by atoms with Crippen molar-refractivity contribution in [1.82, 2.24) is 9.80 Å². The molecule has 3 atom stereocenters. The van der Waals surface area contributed by atoms with Crippen molar-refractivity contribution in [3.05, 3.63) is 29.8 Å². The Kier molecular flexibility index (Phi) is 6.13. The van der Waals surface area contributed by atoms with Gasteiger partial charge in [-0.15, -0.1) is 0 Å². The van der Waals surface area contributed by atoms with Crippen molar-refractivity contribution >= 4 is 0 Å². The van der Waals surface area contributed by atoms with Crippen LogP contribution in [0.5, 0.6) is 5.75 Å². The molecule has 0 unspecified atom stereocenters. The number of fused-ring (bicyclic) bond motifs is 1. The number of hydrogen-bond donors (Lipinski definition) is 1. The molecule has 1 aromatic rings. The lowest BCUT2D eigenvalue weighted by atomic mass is 9.74. The number of ether oxygens (including phenoxy) is 1. The van der Waals surface area contributed by atoms with Gasteiger partial charge in [0.25, 0.3) is 0 Å². The summed E-state index contributed by atoms with van der Waals surface area (Å²) in [6.45, 7) is 7.79. The third kappa shape index (κ3) is 4.59. The van der Waals surface area contributed by atoms with E-state index in [1.807, 2.05) is 0 Å². The van der Waals surface area contributed by atoms with Crippen LogP contribution >= 0.6 is 0 Å². The quantitative estimate of drug-likeness (QED) is 0.724. The molecule has 1 aliphatic carbocycles. The first-order chi connectivity index (χ1) is 12.8. The monoisotopic (exact) mass is 358 g/mol. The molecule has 4 heteroatoms. The maximum absolute atomic E-state index is 9.82. The van der Waals surface area contributed by atoms with Gasteiger partial charge in [-0.2, -0.15) is 0 Å². The molecule has 1 N–H and O–H groups in total. The van der Waals surface area contributed by atoms with Crippen LogP contribution < -0.4 is 4.74 Å². The first-order valence-electron chi connectivity index (χ1n) is 10.6. The van der Waals surface area contributed by atoms with Crippen molar-refractivity contribution in [2.75, 3.05) is 39.3 Å². The number of aliphatic hydroxyl groups is 1. The average molecular weight is 359 g/mol. The molecule has 0 bridgehead atoms. The van der Waals surface area contributed by atoms with Crippen LogP contribution in [-0.4, -0.2) is 60.3 Å². The molecule has 1 saturated carbocycles. The van der Waals surface area contributed by atoms with E-state index in [0.29, 0.717) is 5.92 Å². The van der Waals surface area contributed by atoms with E-state index in [1.54, 1.807) is 0 Å². The van der Waals surface area contributed by atoms with Crippen LogP contribution in [0.1, 0.15) is 44.1 Å². The summed E-state index contributed by atoms with van der Waals surface area (Å²) in [5.74, 6) is 2.25. The van der Waals surface area contributed by atoms with Crippen LogP contribution in [0.15, 0.2) is 24.3 Å². The van der Waals surface area contributed by atoms with E-state index in [9.17, 15) is 5.11 Å². The Labute approximate surface area is 158 Å². The van der Waals surface area contributed by atoms with Gasteiger partial charge in [0.2, 0.25) is 0 Å². The normalized spacial score (nSPS) is 29.3. The zero-order valence-electron chi connectivity index (χ0n) is 16.0. The molecular weight excluding hydrogens is 324 g/mol. The lowest BCUT2D eigenvalue weighted by Crippen LogP contribution is -2.39. The van der Waals surface area contributed by atoms with Crippen LogP contribution in [0.3, 0.4) is 0 Å². The van der Waals surface area contributed by atoms with Crippen molar-refractivity contribution in [1.29, 1.82) is 0 Å². The minimum absolute atomic E-state index is 0.0513. The van der Waals surface area contributed by atoms with E-state index in [2.05, 4.69) is 34.1 Å². The van der Waals surface area contributed by atoms with Crippen LogP contribution in [-0.2, 0) is 6.54 Å². The van der Waals surface area contributed by atoms with Crippen LogP contribution in [0, 0.1) is 11.8 Å². The zero-order chi connectivity index (χ0) is 17.8. The molecular formula is C22H34N2O2. The maximum Gasteiger partial charge on any atom is 0.119 e. The number of unbranched alkanes of at least 4 members (excludes halogenated alkanes) is 1. The number of rotatable bonds is 8. The van der Waals surface area contributed by atoms with E-state index in [1.165, 1.54) is 50.9 Å². The number of piperidine rings is 1. The largest absolute Gasteiger partial charge is 0.494 e. The van der Waals surface area contributed by atoms with Gasteiger partial charge < -0.3 is 14.7 Å². The minimum Gasteiger partial charge on any atom is -0.494 e. The van der Waals surface area contributed by atoms with Crippen molar-refractivity contribution < 1.29 is 9.84 Å². The average Bonchev–Trinajstić information content (AvgIpc) is 2.99. The molecule has 2 aliphatic heterocycles. The standard InChI is InChI=1S/C22H34N2O2/c25-22-14-19-16-24(17-21(19)22)15-18-7-6-8-20(13-18)26-12-5-4-11-23-9-2-1-3-10-23/h6-8,13,19,21-22,25H,1-5,9-12,14-17H2/t19-,21+,22+/m1/s1. The number of benzene rings is 1. The fourth-order valence-electron chi connectivity index (χ4n) is 4.89. The summed E-state index contributed by atoms with van der Waals surface area (Å²) in [6, 6.07) is 8.57. The van der Waals surface area contributed by atoms with Crippen molar-refractivity contribution in [3.8, 4) is 5.75 Å². The van der Waals surface area contributed by atoms with E-state index in [-0.39, 0.29) is 6.10 Å². The second kappa shape index (κ2) is 8.73. The maximum atomic E-state index is 9.82. The van der Waals surface area contributed by atoms with Gasteiger partial charge in [-0.1, -0.05) is 18.6 Å². The highest BCUT2D eigenvalue weighted by atomic mass is 16.5. The third-order valence-electron chi connectivity index (χ3n) is 6.50. The summed E-state index contributed by atoms with van der Waals surface area (Å²) < 4.78 is 6.00. The number of nitrogens with zero attached hydrogens (tertiary/aromatic N) is 2. The predicted molar refractivity (Wildman–Crippen MR) is 104 cm³/mol. The highest BCUT2D eigenvalue weighted by Gasteiger charge is 2.45. The van der Waals surface area contributed by atoms with Gasteiger partial charge in [-0.3, -0.25) is 4.90 Å². The van der Waals surface area contributed by atoms with Gasteiger partial charge in [-0.05, 0) is 75.4 Å². The highest BCUT2D eigenvalue weighted by Crippen LogP contribution is 2.41. The van der Waals surface area contributed by atoms with Gasteiger partial charge in [0, 0.05) is 25.6 Å². The molecule has 4 nitrogen and oxygen atoms in total. The Hall–Kier alpha value is -1.10. The lowest BCUT2D eigenvalue weighted by Gasteiger charge is -2.35. The molecule has 0 amide bonds. The van der Waals surface area contributed by atoms with Crippen LogP contribution in [0.4, 0.5) is 0 Å². The molecule has 2 saturated heterocycles. The SMILES string of the molecule is O[C@H]1C[C@@H]2CN(Cc3cccc(OCCCCN4CCCCC4)c3)C[C@@H]21. The molecule has 0 spiro atoms. The summed E-state index contributed by atoms with van der Waals surface area (Å²) >= 11 is 0. The number of aliphatic hydroxyl groups excluding tert-OH is 1. The Morgan fingerprint density at radius 1 is 1.04 bits per heavy atom. The predicted octanol–water partition coefficient (Wildman–Crippen LogP) is 3.14. The lowest BCUT2D eigenvalue weighted by molar-refractivity contribution is -0.00435. The Bertz CT molecular complexity index is 573. The van der Waals surface area contributed by atoms with Crippen molar-refractivity contribution in [3.63, 3.8) is 0 Å². The zero-order valence-corrected chi connectivity index (χ0v) is 16.0. The van der Waals surface area contributed by atoms with Crippen LogP contribution in [0.2, 0.25) is 0 Å². The topological polar surface area (TPSA) is 35.9 Å². The van der Waals surface area contributed by atoms with Gasteiger partial charge in [0.1, 0.15) is 5.75 Å². The third-order valence-corrected chi connectivity index (χ3v) is 6.50. The Morgan fingerprint density at radius 3 is 2.73 bits per heavy atom. The first-order valence-corrected chi connectivity index (χ1v) is 10.6. The van der Waals surface area contributed by atoms with Gasteiger partial charge >= 0.3 is 0 Å². The molecule has 2 heterocycles. The van der Waals surface area contributed by atoms with E-state index in [4.69, 9.17) is 4.74 Å². The van der Waals surface area contributed by atoms with Gasteiger partial charge in [-0.25, -0.2) is 0 Å². The molecule has 3 fully saturated rings. The summed E-state index contributed by atoms with van der Waals surface area (Å²) in [6.07, 6.45) is 7.48. The van der Waals surface area contributed by atoms with Crippen molar-refractivity contribution in [2.45, 2.75) is 51.2 Å². The van der Waals surface area contributed by atoms with Gasteiger partial charge in [0.15, 0.2) is 0 Å². The van der Waals surface area contributed by atoms with Crippen molar-refractivity contribution in [2.24, 2.45) is 11.8 Å². The fourth-order valence-corrected chi connectivity index (χ4v) is 4.89. The number of likely N-dealkylation sites (tertiary alicyclic amines) is 2. The van der Waals surface area contributed by atoms with Gasteiger partial charge in [0.05, 0.1) is 12.7 Å². The molecule has 3 aliphatic rings. The minimum atomic E-state index is -0.0513. The molecule has 4 rings (SSSR count). The summed E-state index contributed by atoms with van der Waals surface area (Å²) in [4.78, 5) is 5.09. The fraction of sp³-hybridized carbons (Fsp3) is 0.727. The summed E-state index contributed by atoms with van der Waals surface area (Å²) in [7, 11) is 0. The Balaban J connectivity index is 1.16. The van der Waals surface area contributed by atoms with E-state index >= 15 is 0 Å². The summed E-state index contributed by atoms with van der Waals surface area (Å²) in [5.41, 5.74) is 1.33. The molecule has 0 aromatic heterocycles. The second-order valence-corrected chi connectivity index (χ2v) is 8.53. The van der Waals surface area contributed by atoms with Crippen LogP contribution in [0.25, 0.3) is 0 Å². The smallest absolute Gasteiger partial charge is 0.119 e. The highest BCUT2D eigenvalue weighted by molar-refractivity contribution is 5.28. The second-order valence-electron chi connectivity index (χ2n) is 8.53. The van der Waals surface area contributed by atoms with E-state index in [0.717, 1.165) is 50.8 Å². The molecule has 26 heavy (non-hydrogen) atoms. The molecule has 0 radical (unpaired) electrons. The van der Waals surface area contributed by atoms with E-state index < -0.39 is 0 Å². The summed E-state index contributed by atoms with van der Waals surface area (Å²) in [5, 5.41) is 9.82. The first kappa shape index (κ1) is 18.3.